The van der Waals surface area contributed by atoms with Crippen LogP contribution in [0.1, 0.15) is 37.1 Å². The van der Waals surface area contributed by atoms with E-state index in [9.17, 15) is 0 Å². The molecule has 2 atom stereocenters. The van der Waals surface area contributed by atoms with Crippen LogP contribution in [0.2, 0.25) is 0 Å². The van der Waals surface area contributed by atoms with Crippen molar-refractivity contribution in [1.82, 2.24) is 14.9 Å². The van der Waals surface area contributed by atoms with E-state index in [1.165, 1.54) is 0 Å². The number of hydrogen-bond donors (Lipinski definition) is 1. The quantitative estimate of drug-likeness (QED) is 0.693. The van der Waals surface area contributed by atoms with Gasteiger partial charge in [0.05, 0.1) is 17.6 Å². The molecule has 82 valence electrons. The lowest BCUT2D eigenvalue weighted by molar-refractivity contribution is 0.313. The number of hydrogen-bond acceptors (Lipinski definition) is 4. The number of rotatable bonds is 0. The number of nitrogens with zero attached hydrogens (tertiary/aromatic N) is 3. The molecule has 2 unspecified atom stereocenters. The first kappa shape index (κ1) is 10.4. The number of nitrogen functional groups attached to an aromatic ring is 1. The van der Waals surface area contributed by atoms with Gasteiger partial charge in [-0.15, -0.1) is 0 Å². The van der Waals surface area contributed by atoms with E-state index in [0.717, 1.165) is 24.5 Å². The summed E-state index contributed by atoms with van der Waals surface area (Å²) in [5.41, 5.74) is 7.88. The van der Waals surface area contributed by atoms with Crippen molar-refractivity contribution >= 4 is 5.82 Å². The largest absolute Gasteiger partial charge is 0.382 e. The standard InChI is InChI=1S/C11H18N4/c1-7-5-15(3)6-8(2)11-10(7)13-4-9(12)14-11/h4,7-8H,5-6H2,1-3H3,(H2,12,14). The first-order valence-corrected chi connectivity index (χ1v) is 5.38. The zero-order valence-corrected chi connectivity index (χ0v) is 9.57. The lowest BCUT2D eigenvalue weighted by atomic mass is 10.0. The summed E-state index contributed by atoms with van der Waals surface area (Å²) in [7, 11) is 2.14. The maximum Gasteiger partial charge on any atom is 0.142 e. The topological polar surface area (TPSA) is 55.0 Å². The molecule has 0 aliphatic carbocycles. The second-order valence-corrected chi connectivity index (χ2v) is 4.59. The third-order valence-corrected chi connectivity index (χ3v) is 2.95. The van der Waals surface area contributed by atoms with Gasteiger partial charge in [0, 0.05) is 24.9 Å². The molecule has 2 heterocycles. The van der Waals surface area contributed by atoms with Crippen molar-refractivity contribution in [2.45, 2.75) is 25.7 Å². The Hall–Kier alpha value is -1.16. The van der Waals surface area contributed by atoms with Gasteiger partial charge in [0.1, 0.15) is 5.82 Å². The van der Waals surface area contributed by atoms with E-state index in [-0.39, 0.29) is 0 Å². The summed E-state index contributed by atoms with van der Waals surface area (Å²) in [6.45, 7) is 6.44. The zero-order chi connectivity index (χ0) is 11.0. The Balaban J connectivity index is 2.46. The Labute approximate surface area is 90.5 Å². The maximum atomic E-state index is 5.69. The van der Waals surface area contributed by atoms with Crippen molar-refractivity contribution in [2.75, 3.05) is 25.9 Å². The smallest absolute Gasteiger partial charge is 0.142 e. The Morgan fingerprint density at radius 1 is 1.27 bits per heavy atom. The predicted octanol–water partition coefficient (Wildman–Crippen LogP) is 1.21. The van der Waals surface area contributed by atoms with Gasteiger partial charge >= 0.3 is 0 Å². The lowest BCUT2D eigenvalue weighted by Crippen LogP contribution is -2.24. The van der Waals surface area contributed by atoms with Crippen LogP contribution in [-0.2, 0) is 0 Å². The number of likely N-dealkylation sites (N-methyl/N-ethyl adjacent to an activating group) is 1. The molecular weight excluding hydrogens is 188 g/mol. The molecule has 2 rings (SSSR count). The Morgan fingerprint density at radius 3 is 2.53 bits per heavy atom. The van der Waals surface area contributed by atoms with Crippen LogP contribution in [0, 0.1) is 0 Å². The van der Waals surface area contributed by atoms with Crippen LogP contribution in [0.4, 0.5) is 5.82 Å². The summed E-state index contributed by atoms with van der Waals surface area (Å²) < 4.78 is 0. The van der Waals surface area contributed by atoms with Crippen molar-refractivity contribution in [2.24, 2.45) is 0 Å². The summed E-state index contributed by atoms with van der Waals surface area (Å²) in [4.78, 5) is 11.2. The number of aromatic nitrogens is 2. The highest BCUT2D eigenvalue weighted by molar-refractivity contribution is 5.31. The average Bonchev–Trinajstić information content (AvgIpc) is 2.25. The molecule has 1 aromatic heterocycles. The van der Waals surface area contributed by atoms with Crippen molar-refractivity contribution < 1.29 is 0 Å². The van der Waals surface area contributed by atoms with E-state index in [1.807, 2.05) is 0 Å². The summed E-state index contributed by atoms with van der Waals surface area (Å²) in [5, 5.41) is 0. The van der Waals surface area contributed by atoms with E-state index >= 15 is 0 Å². The molecule has 0 saturated carbocycles. The molecule has 0 saturated heterocycles. The molecule has 0 bridgehead atoms. The third-order valence-electron chi connectivity index (χ3n) is 2.95. The van der Waals surface area contributed by atoms with E-state index < -0.39 is 0 Å². The molecule has 4 heteroatoms. The van der Waals surface area contributed by atoms with E-state index in [2.05, 4.69) is 35.8 Å². The normalized spacial score (nSPS) is 27.1. The summed E-state index contributed by atoms with van der Waals surface area (Å²) in [6.07, 6.45) is 1.66. The van der Waals surface area contributed by atoms with Crippen LogP contribution in [0.25, 0.3) is 0 Å². The highest BCUT2D eigenvalue weighted by Crippen LogP contribution is 2.28. The van der Waals surface area contributed by atoms with Crippen LogP contribution in [0.3, 0.4) is 0 Å². The summed E-state index contributed by atoms with van der Waals surface area (Å²) in [5.74, 6) is 1.37. The van der Waals surface area contributed by atoms with Crippen LogP contribution in [0.15, 0.2) is 6.20 Å². The molecule has 0 aromatic carbocycles. The van der Waals surface area contributed by atoms with Crippen LogP contribution < -0.4 is 5.73 Å². The van der Waals surface area contributed by atoms with E-state index in [1.54, 1.807) is 6.20 Å². The fourth-order valence-electron chi connectivity index (χ4n) is 2.35. The minimum absolute atomic E-state index is 0.408. The second-order valence-electron chi connectivity index (χ2n) is 4.59. The van der Waals surface area contributed by atoms with E-state index in [0.29, 0.717) is 17.7 Å². The van der Waals surface area contributed by atoms with Crippen molar-refractivity contribution in [3.05, 3.63) is 17.6 Å². The van der Waals surface area contributed by atoms with Gasteiger partial charge in [-0.2, -0.15) is 0 Å². The zero-order valence-electron chi connectivity index (χ0n) is 9.57. The van der Waals surface area contributed by atoms with Crippen molar-refractivity contribution in [1.29, 1.82) is 0 Å². The fourth-order valence-corrected chi connectivity index (χ4v) is 2.35. The van der Waals surface area contributed by atoms with Crippen molar-refractivity contribution in [3.63, 3.8) is 0 Å². The SMILES string of the molecule is CC1CN(C)CC(C)c2nc(N)cnc21. The molecule has 4 nitrogen and oxygen atoms in total. The van der Waals surface area contributed by atoms with Crippen LogP contribution >= 0.6 is 0 Å². The molecule has 15 heavy (non-hydrogen) atoms. The predicted molar refractivity (Wildman–Crippen MR) is 60.8 cm³/mol. The Morgan fingerprint density at radius 2 is 1.87 bits per heavy atom. The van der Waals surface area contributed by atoms with Gasteiger partial charge in [0.25, 0.3) is 0 Å². The van der Waals surface area contributed by atoms with E-state index in [4.69, 9.17) is 5.73 Å². The van der Waals surface area contributed by atoms with Gasteiger partial charge in [-0.1, -0.05) is 13.8 Å². The highest BCUT2D eigenvalue weighted by Gasteiger charge is 2.25. The Bertz CT molecular complexity index is 364. The number of fused-ring (bicyclic) bond motifs is 1. The average molecular weight is 206 g/mol. The molecule has 2 N–H and O–H groups in total. The first-order valence-electron chi connectivity index (χ1n) is 5.38. The van der Waals surface area contributed by atoms with Crippen LogP contribution in [0.5, 0.6) is 0 Å². The summed E-state index contributed by atoms with van der Waals surface area (Å²) in [6, 6.07) is 0. The summed E-state index contributed by atoms with van der Waals surface area (Å²) >= 11 is 0. The van der Waals surface area contributed by atoms with Gasteiger partial charge in [-0.05, 0) is 7.05 Å². The Kier molecular flexibility index (Phi) is 2.61. The van der Waals surface area contributed by atoms with Gasteiger partial charge in [0.15, 0.2) is 0 Å². The van der Waals surface area contributed by atoms with Gasteiger partial charge < -0.3 is 10.6 Å². The van der Waals surface area contributed by atoms with Crippen molar-refractivity contribution in [3.8, 4) is 0 Å². The monoisotopic (exact) mass is 206 g/mol. The minimum atomic E-state index is 0.408. The lowest BCUT2D eigenvalue weighted by Gasteiger charge is -2.17. The highest BCUT2D eigenvalue weighted by atomic mass is 15.1. The molecule has 1 aliphatic heterocycles. The molecular formula is C11H18N4. The third kappa shape index (κ3) is 1.95. The molecule has 0 amide bonds. The minimum Gasteiger partial charge on any atom is -0.382 e. The molecule has 1 aliphatic rings. The fraction of sp³-hybridized carbons (Fsp3) is 0.636. The van der Waals surface area contributed by atoms with Gasteiger partial charge in [-0.25, -0.2) is 4.98 Å². The first-order chi connectivity index (χ1) is 7.08. The molecule has 1 aromatic rings. The number of nitrogens with two attached hydrogens (primary N) is 1. The molecule has 0 fully saturated rings. The molecule has 0 radical (unpaired) electrons. The second kappa shape index (κ2) is 3.77. The molecule has 0 spiro atoms. The van der Waals surface area contributed by atoms with Crippen LogP contribution in [-0.4, -0.2) is 35.0 Å². The maximum absolute atomic E-state index is 5.69. The number of anilines is 1. The van der Waals surface area contributed by atoms with Gasteiger partial charge in [-0.3, -0.25) is 4.98 Å². The van der Waals surface area contributed by atoms with Gasteiger partial charge in [0.2, 0.25) is 0 Å².